The highest BCUT2D eigenvalue weighted by molar-refractivity contribution is 5.88. The molecule has 1 radical (unpaired) electrons. The minimum absolute atomic E-state index is 0.00990. The van der Waals surface area contributed by atoms with E-state index in [0.717, 1.165) is 19.3 Å². The molecular formula is C21H37N2O5. The Bertz CT molecular complexity index is 454. The molecule has 0 saturated heterocycles. The second-order valence-corrected chi connectivity index (χ2v) is 7.20. The van der Waals surface area contributed by atoms with Gasteiger partial charge in [0.15, 0.2) is 0 Å². The first kappa shape index (κ1) is 26.1. The number of hydrogen-bond acceptors (Lipinski definition) is 4. The molecule has 0 spiro atoms. The number of carboxylic acid groups (broad SMARTS) is 1. The van der Waals surface area contributed by atoms with Crippen molar-refractivity contribution in [2.75, 3.05) is 6.54 Å². The summed E-state index contributed by atoms with van der Waals surface area (Å²) in [4.78, 5) is 44.9. The van der Waals surface area contributed by atoms with Crippen molar-refractivity contribution < 1.29 is 24.3 Å². The molecule has 28 heavy (non-hydrogen) atoms. The number of unbranched alkanes of at least 4 members (excludes halogenated alkanes) is 10. The minimum Gasteiger partial charge on any atom is -0.481 e. The lowest BCUT2D eigenvalue weighted by atomic mass is 10.0. The topological polar surface area (TPSA) is 113 Å². The molecule has 0 unspecified atom stereocenters. The zero-order valence-electron chi connectivity index (χ0n) is 17.3. The van der Waals surface area contributed by atoms with Crippen molar-refractivity contribution in [1.29, 1.82) is 0 Å². The van der Waals surface area contributed by atoms with Crippen LogP contribution in [0.1, 0.15) is 96.8 Å². The summed E-state index contributed by atoms with van der Waals surface area (Å²) < 4.78 is 0. The largest absolute Gasteiger partial charge is 0.481 e. The number of carbonyl (C=O) groups excluding carboxylic acids is 3. The highest BCUT2D eigenvalue weighted by Gasteiger charge is 2.21. The van der Waals surface area contributed by atoms with E-state index in [-0.39, 0.29) is 25.3 Å². The molecule has 7 heteroatoms. The van der Waals surface area contributed by atoms with Gasteiger partial charge in [0.05, 0.1) is 6.54 Å². The maximum Gasteiger partial charge on any atom is 0.303 e. The fraction of sp³-hybridized carbons (Fsp3) is 0.810. The van der Waals surface area contributed by atoms with Crippen LogP contribution >= 0.6 is 0 Å². The molecule has 0 aliphatic carbocycles. The third kappa shape index (κ3) is 16.3. The van der Waals surface area contributed by atoms with Crippen LogP contribution in [-0.2, 0) is 19.2 Å². The highest BCUT2D eigenvalue weighted by atomic mass is 16.4. The van der Waals surface area contributed by atoms with Gasteiger partial charge in [0.25, 0.3) is 0 Å². The van der Waals surface area contributed by atoms with Crippen LogP contribution in [0.3, 0.4) is 0 Å². The predicted molar refractivity (Wildman–Crippen MR) is 109 cm³/mol. The van der Waals surface area contributed by atoms with Crippen LogP contribution < -0.4 is 10.6 Å². The van der Waals surface area contributed by atoms with Crippen LogP contribution in [0.4, 0.5) is 0 Å². The lowest BCUT2D eigenvalue weighted by Gasteiger charge is -2.17. The highest BCUT2D eigenvalue weighted by Crippen LogP contribution is 2.12. The maximum absolute atomic E-state index is 12.0. The summed E-state index contributed by atoms with van der Waals surface area (Å²) in [5.41, 5.74) is 0. The third-order valence-corrected chi connectivity index (χ3v) is 4.64. The molecule has 161 valence electrons. The van der Waals surface area contributed by atoms with E-state index in [1.54, 1.807) is 0 Å². The van der Waals surface area contributed by atoms with Crippen LogP contribution in [0.25, 0.3) is 0 Å². The van der Waals surface area contributed by atoms with Crippen molar-refractivity contribution >= 4 is 24.1 Å². The first-order valence-corrected chi connectivity index (χ1v) is 10.6. The normalized spacial score (nSPS) is 11.6. The van der Waals surface area contributed by atoms with Crippen LogP contribution in [-0.4, -0.2) is 41.8 Å². The van der Waals surface area contributed by atoms with Crippen LogP contribution in [0.5, 0.6) is 0 Å². The molecule has 0 aromatic carbocycles. The molecule has 2 amide bonds. The molecule has 0 aromatic heterocycles. The smallest absolute Gasteiger partial charge is 0.303 e. The Balaban J connectivity index is 3.87. The van der Waals surface area contributed by atoms with Crippen molar-refractivity contribution in [3.8, 4) is 0 Å². The second kappa shape index (κ2) is 18.4. The van der Waals surface area contributed by atoms with Crippen molar-refractivity contribution in [1.82, 2.24) is 10.6 Å². The third-order valence-electron chi connectivity index (χ3n) is 4.64. The van der Waals surface area contributed by atoms with Gasteiger partial charge in [-0.25, -0.2) is 0 Å². The van der Waals surface area contributed by atoms with Gasteiger partial charge in [-0.05, 0) is 12.8 Å². The van der Waals surface area contributed by atoms with Gasteiger partial charge in [-0.3, -0.25) is 19.2 Å². The van der Waals surface area contributed by atoms with Crippen molar-refractivity contribution in [3.05, 3.63) is 0 Å². The van der Waals surface area contributed by atoms with Crippen molar-refractivity contribution in [2.45, 2.75) is 103 Å². The van der Waals surface area contributed by atoms with Crippen molar-refractivity contribution in [2.24, 2.45) is 0 Å². The van der Waals surface area contributed by atoms with Gasteiger partial charge in [-0.1, -0.05) is 71.1 Å². The Morgan fingerprint density at radius 3 is 1.89 bits per heavy atom. The Labute approximate surface area is 169 Å². The molecule has 1 atom stereocenters. The van der Waals surface area contributed by atoms with E-state index in [4.69, 9.17) is 5.11 Å². The summed E-state index contributed by atoms with van der Waals surface area (Å²) >= 11 is 0. The van der Waals surface area contributed by atoms with Gasteiger partial charge in [0.2, 0.25) is 18.1 Å². The van der Waals surface area contributed by atoms with Gasteiger partial charge < -0.3 is 15.7 Å². The number of carboxylic acids is 1. The zero-order chi connectivity index (χ0) is 21.0. The average molecular weight is 398 g/mol. The molecule has 0 rings (SSSR count). The summed E-state index contributed by atoms with van der Waals surface area (Å²) in [6.07, 6.45) is 14.7. The van der Waals surface area contributed by atoms with Crippen molar-refractivity contribution in [3.63, 3.8) is 0 Å². The molecule has 0 fully saturated rings. The standard InChI is InChI=1S/C21H37N2O5/c1-2-3-4-5-6-7-8-9-10-11-12-13-19(25)23-18(14-15-20(26)27)21(28)22-16-17-24/h18H,2-16H2,1H3,(H,22,28)(H,23,25)(H,26,27)/t18-/m0/s1. The number of aliphatic carboxylic acids is 1. The summed E-state index contributed by atoms with van der Waals surface area (Å²) in [6, 6.07) is -0.940. The molecule has 7 nitrogen and oxygen atoms in total. The Hall–Kier alpha value is -1.92. The van der Waals surface area contributed by atoms with E-state index < -0.39 is 17.9 Å². The SMILES string of the molecule is CCCCCCCCCCCCCC(=O)N[C@@H](CCC(=O)O)C(=O)NC[C]=O. The lowest BCUT2D eigenvalue weighted by molar-refractivity contribution is -0.138. The van der Waals surface area contributed by atoms with Gasteiger partial charge >= 0.3 is 5.97 Å². The van der Waals surface area contributed by atoms with E-state index in [1.165, 1.54) is 57.7 Å². The van der Waals surface area contributed by atoms with Gasteiger partial charge in [-0.2, -0.15) is 0 Å². The summed E-state index contributed by atoms with van der Waals surface area (Å²) in [7, 11) is 0. The van der Waals surface area contributed by atoms with Crippen LogP contribution in [0.2, 0.25) is 0 Å². The average Bonchev–Trinajstić information content (AvgIpc) is 2.67. The molecule has 0 aliphatic rings. The Kier molecular flexibility index (Phi) is 17.2. The quantitative estimate of drug-likeness (QED) is 0.290. The Morgan fingerprint density at radius 1 is 0.857 bits per heavy atom. The lowest BCUT2D eigenvalue weighted by Crippen LogP contribution is -2.47. The fourth-order valence-corrected chi connectivity index (χ4v) is 3.00. The van der Waals surface area contributed by atoms with E-state index in [1.807, 2.05) is 0 Å². The monoisotopic (exact) mass is 397 g/mol. The molecular weight excluding hydrogens is 360 g/mol. The van der Waals surface area contributed by atoms with Gasteiger partial charge in [0.1, 0.15) is 6.04 Å². The number of amides is 2. The van der Waals surface area contributed by atoms with E-state index in [0.29, 0.717) is 6.42 Å². The van der Waals surface area contributed by atoms with Gasteiger partial charge in [0, 0.05) is 12.8 Å². The fourth-order valence-electron chi connectivity index (χ4n) is 3.00. The summed E-state index contributed by atoms with van der Waals surface area (Å²) in [5.74, 6) is -1.87. The van der Waals surface area contributed by atoms with E-state index in [9.17, 15) is 19.2 Å². The number of carbonyl (C=O) groups is 3. The maximum atomic E-state index is 12.0. The predicted octanol–water partition coefficient (Wildman–Crippen LogP) is 3.26. The molecule has 3 N–H and O–H groups in total. The van der Waals surface area contributed by atoms with Crippen LogP contribution in [0.15, 0.2) is 0 Å². The van der Waals surface area contributed by atoms with Crippen LogP contribution in [0, 0.1) is 0 Å². The number of rotatable bonds is 19. The molecule has 0 saturated carbocycles. The molecule has 0 bridgehead atoms. The zero-order valence-corrected chi connectivity index (χ0v) is 17.3. The molecule has 0 aromatic rings. The minimum atomic E-state index is -1.04. The summed E-state index contributed by atoms with van der Waals surface area (Å²) in [6.45, 7) is 1.94. The van der Waals surface area contributed by atoms with E-state index in [2.05, 4.69) is 17.6 Å². The second-order valence-electron chi connectivity index (χ2n) is 7.20. The molecule has 0 aliphatic heterocycles. The summed E-state index contributed by atoms with van der Waals surface area (Å²) in [5, 5.41) is 13.6. The first-order valence-electron chi connectivity index (χ1n) is 10.6. The molecule has 0 heterocycles. The Morgan fingerprint density at radius 2 is 1.39 bits per heavy atom. The van der Waals surface area contributed by atoms with E-state index >= 15 is 0 Å². The number of nitrogens with one attached hydrogen (secondary N) is 2. The first-order chi connectivity index (χ1) is 13.5. The van der Waals surface area contributed by atoms with Gasteiger partial charge in [-0.15, -0.1) is 0 Å². The number of hydrogen-bond donors (Lipinski definition) is 3.